The molecule has 1 aromatic rings. The van der Waals surface area contributed by atoms with Gasteiger partial charge in [-0.2, -0.15) is 5.10 Å². The summed E-state index contributed by atoms with van der Waals surface area (Å²) in [4.78, 5) is 23.7. The molecule has 0 spiro atoms. The first-order valence-electron chi connectivity index (χ1n) is 7.01. The highest BCUT2D eigenvalue weighted by molar-refractivity contribution is 5.71. The summed E-state index contributed by atoms with van der Waals surface area (Å²) in [6.07, 6.45) is 1.28. The third-order valence-corrected chi connectivity index (χ3v) is 3.33. The first kappa shape index (κ1) is 16.9. The molecule has 0 fully saturated rings. The van der Waals surface area contributed by atoms with Crippen LogP contribution in [0.15, 0.2) is 0 Å². The van der Waals surface area contributed by atoms with Gasteiger partial charge in [0.25, 0.3) is 0 Å². The highest BCUT2D eigenvalue weighted by Crippen LogP contribution is 2.32. The summed E-state index contributed by atoms with van der Waals surface area (Å²) in [5.74, 6) is -1.17. The Kier molecular flexibility index (Phi) is 5.69. The van der Waals surface area contributed by atoms with Crippen LogP contribution >= 0.6 is 0 Å². The largest absolute Gasteiger partial charge is 0.481 e. The molecule has 1 aromatic heterocycles. The smallest absolute Gasteiger partial charge is 0.334 e. The van der Waals surface area contributed by atoms with Gasteiger partial charge in [-0.1, -0.05) is 20.3 Å². The fraction of sp³-hybridized carbons (Fsp3) is 0.692. The van der Waals surface area contributed by atoms with Gasteiger partial charge >= 0.3 is 11.7 Å². The number of anilines is 1. The Morgan fingerprint density at radius 2 is 2.14 bits per heavy atom. The first-order valence-corrected chi connectivity index (χ1v) is 7.01. The average molecular weight is 298 g/mol. The Morgan fingerprint density at radius 3 is 2.57 bits per heavy atom. The van der Waals surface area contributed by atoms with Crippen LogP contribution in [-0.2, 0) is 18.3 Å². The summed E-state index contributed by atoms with van der Waals surface area (Å²) >= 11 is 0. The van der Waals surface area contributed by atoms with Crippen molar-refractivity contribution < 1.29 is 14.8 Å². The Bertz CT molecular complexity index is 526. The molecule has 0 aliphatic rings. The lowest BCUT2D eigenvalue weighted by Gasteiger charge is -2.23. The minimum Gasteiger partial charge on any atom is -0.481 e. The molecule has 118 valence electrons. The van der Waals surface area contributed by atoms with Crippen LogP contribution in [0.4, 0.5) is 11.5 Å². The maximum Gasteiger partial charge on any atom is 0.334 e. The van der Waals surface area contributed by atoms with Crippen LogP contribution in [0.5, 0.6) is 0 Å². The number of rotatable bonds is 8. The zero-order valence-electron chi connectivity index (χ0n) is 12.9. The van der Waals surface area contributed by atoms with Crippen molar-refractivity contribution in [3.8, 4) is 0 Å². The van der Waals surface area contributed by atoms with Crippen LogP contribution in [0.3, 0.4) is 0 Å². The minimum absolute atomic E-state index is 0.0150. The molecule has 0 radical (unpaired) electrons. The van der Waals surface area contributed by atoms with E-state index in [1.54, 1.807) is 18.9 Å². The minimum atomic E-state index is -0.924. The number of carboxylic acid groups (broad SMARTS) is 1. The number of hydrogen-bond acceptors (Lipinski definition) is 5. The molecule has 0 aromatic carbocycles. The molecule has 1 rings (SSSR count). The Balaban J connectivity index is 3.25. The number of nitro groups is 1. The molecule has 0 aliphatic carbocycles. The van der Waals surface area contributed by atoms with E-state index in [4.69, 9.17) is 5.11 Å². The van der Waals surface area contributed by atoms with Crippen LogP contribution in [0.1, 0.15) is 32.9 Å². The second-order valence-corrected chi connectivity index (χ2v) is 5.03. The second-order valence-electron chi connectivity index (χ2n) is 5.03. The van der Waals surface area contributed by atoms with E-state index in [2.05, 4.69) is 5.10 Å². The molecular formula is C13H22N4O4. The number of aryl methyl sites for hydroxylation is 2. The molecule has 8 heteroatoms. The van der Waals surface area contributed by atoms with Gasteiger partial charge in [0.1, 0.15) is 5.69 Å². The molecule has 0 amide bonds. The van der Waals surface area contributed by atoms with Crippen molar-refractivity contribution in [2.24, 2.45) is 13.0 Å². The van der Waals surface area contributed by atoms with E-state index in [1.165, 1.54) is 4.68 Å². The van der Waals surface area contributed by atoms with Crippen LogP contribution in [0, 0.1) is 16.0 Å². The Labute approximate surface area is 123 Å². The molecule has 0 saturated carbocycles. The fourth-order valence-corrected chi connectivity index (χ4v) is 2.28. The molecule has 0 saturated heterocycles. The molecule has 1 atom stereocenters. The predicted molar refractivity (Wildman–Crippen MR) is 78.5 cm³/mol. The number of hydrogen-bond donors (Lipinski definition) is 1. The molecule has 1 unspecified atom stereocenters. The molecule has 0 bridgehead atoms. The topological polar surface area (TPSA) is 102 Å². The highest BCUT2D eigenvalue weighted by atomic mass is 16.6. The summed E-state index contributed by atoms with van der Waals surface area (Å²) in [5.41, 5.74) is 0.431. The molecule has 8 nitrogen and oxygen atoms in total. The van der Waals surface area contributed by atoms with Crippen molar-refractivity contribution in [3.05, 3.63) is 15.8 Å². The van der Waals surface area contributed by atoms with E-state index in [9.17, 15) is 14.9 Å². The highest BCUT2D eigenvalue weighted by Gasteiger charge is 2.30. The van der Waals surface area contributed by atoms with Crippen LogP contribution in [0.25, 0.3) is 0 Å². The van der Waals surface area contributed by atoms with Crippen molar-refractivity contribution in [1.29, 1.82) is 0 Å². The normalized spacial score (nSPS) is 12.2. The maximum absolute atomic E-state index is 11.4. The van der Waals surface area contributed by atoms with E-state index in [0.29, 0.717) is 24.5 Å². The van der Waals surface area contributed by atoms with E-state index < -0.39 is 16.8 Å². The van der Waals surface area contributed by atoms with Crippen molar-refractivity contribution in [1.82, 2.24) is 9.78 Å². The second kappa shape index (κ2) is 7.05. The third kappa shape index (κ3) is 3.71. The van der Waals surface area contributed by atoms with E-state index in [0.717, 1.165) is 6.42 Å². The van der Waals surface area contributed by atoms with Crippen molar-refractivity contribution in [3.63, 3.8) is 0 Å². The lowest BCUT2D eigenvalue weighted by molar-refractivity contribution is -0.384. The van der Waals surface area contributed by atoms with E-state index >= 15 is 0 Å². The van der Waals surface area contributed by atoms with E-state index in [1.807, 2.05) is 13.8 Å². The standard InChI is InChI=1S/C13H22N4O4/c1-5-7-10-11(17(20)21)12(15(4)14-10)16(6-2)8-9(3)13(18)19/h9H,5-8H2,1-4H3,(H,18,19). The maximum atomic E-state index is 11.4. The fourth-order valence-electron chi connectivity index (χ4n) is 2.28. The average Bonchev–Trinajstić information content (AvgIpc) is 2.72. The van der Waals surface area contributed by atoms with Gasteiger partial charge in [0.15, 0.2) is 0 Å². The van der Waals surface area contributed by atoms with Gasteiger partial charge in [0.05, 0.1) is 10.8 Å². The summed E-state index contributed by atoms with van der Waals surface area (Å²) in [6.45, 7) is 6.04. The van der Waals surface area contributed by atoms with Gasteiger partial charge in [-0.05, 0) is 13.3 Å². The van der Waals surface area contributed by atoms with Gasteiger partial charge in [0, 0.05) is 20.1 Å². The van der Waals surface area contributed by atoms with Crippen LogP contribution in [0.2, 0.25) is 0 Å². The number of aromatic nitrogens is 2. The van der Waals surface area contributed by atoms with Crippen LogP contribution < -0.4 is 4.90 Å². The van der Waals surface area contributed by atoms with Crippen molar-refractivity contribution in [2.45, 2.75) is 33.6 Å². The Morgan fingerprint density at radius 1 is 1.52 bits per heavy atom. The van der Waals surface area contributed by atoms with Crippen LogP contribution in [-0.4, -0.2) is 38.9 Å². The Hall–Kier alpha value is -2.12. The SMILES string of the molecule is CCCc1nn(C)c(N(CC)CC(C)C(=O)O)c1[N+](=O)[O-]. The van der Waals surface area contributed by atoms with Crippen molar-refractivity contribution >= 4 is 17.5 Å². The first-order chi connectivity index (χ1) is 9.83. The summed E-state index contributed by atoms with van der Waals surface area (Å²) in [5, 5.41) is 24.6. The predicted octanol–water partition coefficient (Wildman–Crippen LogP) is 1.83. The number of nitrogens with zero attached hydrogens (tertiary/aromatic N) is 4. The molecule has 1 heterocycles. The van der Waals surface area contributed by atoms with Gasteiger partial charge in [0.2, 0.25) is 5.82 Å². The van der Waals surface area contributed by atoms with Gasteiger partial charge in [-0.3, -0.25) is 14.9 Å². The molecule has 1 N–H and O–H groups in total. The zero-order valence-corrected chi connectivity index (χ0v) is 12.9. The summed E-state index contributed by atoms with van der Waals surface area (Å²) < 4.78 is 1.47. The van der Waals surface area contributed by atoms with Gasteiger partial charge in [-0.15, -0.1) is 0 Å². The lowest BCUT2D eigenvalue weighted by atomic mass is 10.1. The molecule has 21 heavy (non-hydrogen) atoms. The quantitative estimate of drug-likeness (QED) is 0.580. The molecule has 0 aliphatic heterocycles. The summed E-state index contributed by atoms with van der Waals surface area (Å²) in [6, 6.07) is 0. The van der Waals surface area contributed by atoms with Gasteiger partial charge in [-0.25, -0.2) is 4.68 Å². The monoisotopic (exact) mass is 298 g/mol. The number of aliphatic carboxylic acids is 1. The zero-order chi connectivity index (χ0) is 16.2. The number of carbonyl (C=O) groups is 1. The van der Waals surface area contributed by atoms with Gasteiger partial charge < -0.3 is 10.0 Å². The van der Waals surface area contributed by atoms with E-state index in [-0.39, 0.29) is 12.2 Å². The summed E-state index contributed by atoms with van der Waals surface area (Å²) in [7, 11) is 1.65. The van der Waals surface area contributed by atoms with Crippen molar-refractivity contribution in [2.75, 3.05) is 18.0 Å². The lowest BCUT2D eigenvalue weighted by Crippen LogP contribution is -2.33. The molecular weight excluding hydrogens is 276 g/mol. The third-order valence-electron chi connectivity index (χ3n) is 3.33. The number of carboxylic acids is 1.